The van der Waals surface area contributed by atoms with Gasteiger partial charge in [-0.1, -0.05) is 0 Å². The first kappa shape index (κ1) is 28.5. The predicted molar refractivity (Wildman–Crippen MR) is 121 cm³/mol. The molecule has 206 valence electrons. The van der Waals surface area contributed by atoms with E-state index in [1.54, 1.807) is 0 Å². The number of carbonyl (C=O) groups excluding carboxylic acids is 4. The number of imide groups is 1. The van der Waals surface area contributed by atoms with Crippen molar-refractivity contribution in [3.05, 3.63) is 35.9 Å². The van der Waals surface area contributed by atoms with Crippen LogP contribution in [0.3, 0.4) is 0 Å². The molecule has 0 spiro atoms. The second-order valence-electron chi connectivity index (χ2n) is 8.18. The molecule has 0 aliphatic carbocycles. The van der Waals surface area contributed by atoms with Crippen molar-refractivity contribution in [2.45, 2.75) is 43.7 Å². The maximum atomic E-state index is 12.0. The molecular formula is C23H26N2O13. The number of nitrogens with zero attached hydrogens (tertiary/aromatic N) is 1. The topological polar surface area (TPSA) is 218 Å². The fourth-order valence-corrected chi connectivity index (χ4v) is 3.54. The molecule has 0 bridgehead atoms. The Labute approximate surface area is 215 Å². The summed E-state index contributed by atoms with van der Waals surface area (Å²) in [6, 6.07) is 4.22. The second-order valence-corrected chi connectivity index (χ2v) is 8.18. The molecule has 5 N–H and O–H groups in total. The number of amides is 3. The van der Waals surface area contributed by atoms with Crippen LogP contribution in [-0.2, 0) is 40.1 Å². The van der Waals surface area contributed by atoms with E-state index < -0.39 is 60.9 Å². The fourth-order valence-electron chi connectivity index (χ4n) is 3.54. The van der Waals surface area contributed by atoms with E-state index in [0.717, 1.165) is 17.1 Å². The number of hydrogen-bond donors (Lipinski definition) is 5. The summed E-state index contributed by atoms with van der Waals surface area (Å²) < 4.78 is 21.0. The van der Waals surface area contributed by atoms with E-state index in [1.807, 2.05) is 0 Å². The molecule has 0 unspecified atom stereocenters. The van der Waals surface area contributed by atoms with E-state index in [9.17, 15) is 44.4 Å². The number of ether oxygens (including phenoxy) is 4. The average molecular weight is 538 g/mol. The van der Waals surface area contributed by atoms with Crippen molar-refractivity contribution >= 4 is 30.2 Å². The van der Waals surface area contributed by atoms with Crippen LogP contribution in [0.1, 0.15) is 12.0 Å². The molecule has 3 amide bonds. The number of nitrogens with one attached hydrogen (secondary N) is 1. The Hall–Kier alpha value is -4.05. The molecule has 2 heterocycles. The van der Waals surface area contributed by atoms with Gasteiger partial charge in [-0.3, -0.25) is 24.1 Å². The maximum absolute atomic E-state index is 12.0. The first-order valence-electron chi connectivity index (χ1n) is 11.3. The van der Waals surface area contributed by atoms with E-state index in [1.165, 1.54) is 18.2 Å². The van der Waals surface area contributed by atoms with Crippen LogP contribution in [0, 0.1) is 0 Å². The Bertz CT molecular complexity index is 1070. The molecule has 2 aliphatic heterocycles. The molecule has 5 atom stereocenters. The summed E-state index contributed by atoms with van der Waals surface area (Å²) in [5.41, 5.74) is 0.427. The number of carboxylic acids is 1. The average Bonchev–Trinajstić information content (AvgIpc) is 3.20. The van der Waals surface area contributed by atoms with Gasteiger partial charge in [-0.15, -0.1) is 0 Å². The lowest BCUT2D eigenvalue weighted by atomic mass is 9.99. The van der Waals surface area contributed by atoms with Gasteiger partial charge in [0.05, 0.1) is 6.61 Å². The van der Waals surface area contributed by atoms with Gasteiger partial charge < -0.3 is 44.7 Å². The van der Waals surface area contributed by atoms with Crippen molar-refractivity contribution in [3.63, 3.8) is 0 Å². The van der Waals surface area contributed by atoms with Gasteiger partial charge in [0.25, 0.3) is 18.3 Å². The lowest BCUT2D eigenvalue weighted by Crippen LogP contribution is -2.61. The van der Waals surface area contributed by atoms with Crippen molar-refractivity contribution in [2.75, 3.05) is 19.7 Å². The summed E-state index contributed by atoms with van der Waals surface area (Å²) in [5, 5.41) is 41.6. The zero-order valence-electron chi connectivity index (χ0n) is 19.8. The van der Waals surface area contributed by atoms with Gasteiger partial charge in [0, 0.05) is 30.3 Å². The second kappa shape index (κ2) is 13.0. The quantitative estimate of drug-likeness (QED) is 0.0993. The first-order chi connectivity index (χ1) is 18.1. The van der Waals surface area contributed by atoms with Gasteiger partial charge in [-0.25, -0.2) is 4.79 Å². The van der Waals surface area contributed by atoms with Crippen molar-refractivity contribution < 1.29 is 63.3 Å². The Balaban J connectivity index is 1.57. The third kappa shape index (κ3) is 7.04. The molecule has 0 aromatic heterocycles. The number of aliphatic hydroxyl groups is 3. The molecule has 38 heavy (non-hydrogen) atoms. The predicted octanol–water partition coefficient (Wildman–Crippen LogP) is -2.56. The number of hydrogen-bond acceptors (Lipinski definition) is 12. The van der Waals surface area contributed by atoms with Crippen LogP contribution in [0.4, 0.5) is 0 Å². The standard InChI is InChI=1S/C23H26N2O13/c26-11-35-10-12-2-3-13(37-23-20(32)18(30)19(31)21(38-23)22(33)34)8-14(12)36-7-1-6-24-15(27)9-25-16(28)4-5-17(25)29/h2-5,8,11,18-21,23,30-32H,1,6-7,9-10H2,(H,24,27)(H,33,34)/t18-,19-,20+,21-,23+/m0/s1. The maximum Gasteiger partial charge on any atom is 0.335 e. The van der Waals surface area contributed by atoms with Gasteiger partial charge in [-0.2, -0.15) is 0 Å². The number of benzene rings is 1. The number of rotatable bonds is 13. The van der Waals surface area contributed by atoms with Gasteiger partial charge >= 0.3 is 5.97 Å². The van der Waals surface area contributed by atoms with Gasteiger partial charge in [0.1, 0.15) is 43.0 Å². The van der Waals surface area contributed by atoms with Crippen LogP contribution in [-0.4, -0.2) is 106 Å². The summed E-state index contributed by atoms with van der Waals surface area (Å²) in [6.07, 6.45) is -6.53. The molecule has 1 fully saturated rings. The van der Waals surface area contributed by atoms with Gasteiger partial charge in [0.2, 0.25) is 12.2 Å². The van der Waals surface area contributed by atoms with Gasteiger partial charge in [0.15, 0.2) is 6.10 Å². The SMILES string of the molecule is O=COCc1ccc(O[C@@H]2O[C@H](C(=O)O)[C@@H](O)[C@H](O)[C@H]2O)cc1OCCCNC(=O)CN1C(=O)C=CC1=O. The first-order valence-corrected chi connectivity index (χ1v) is 11.3. The molecule has 0 saturated carbocycles. The highest BCUT2D eigenvalue weighted by molar-refractivity contribution is 6.14. The molecule has 0 radical (unpaired) electrons. The molecule has 1 saturated heterocycles. The van der Waals surface area contributed by atoms with Crippen LogP contribution >= 0.6 is 0 Å². The van der Waals surface area contributed by atoms with E-state index in [4.69, 9.17) is 18.9 Å². The smallest absolute Gasteiger partial charge is 0.335 e. The number of carboxylic acid groups (broad SMARTS) is 1. The monoisotopic (exact) mass is 538 g/mol. The minimum absolute atomic E-state index is 0.0356. The minimum Gasteiger partial charge on any atom is -0.493 e. The highest BCUT2D eigenvalue weighted by Gasteiger charge is 2.48. The Morgan fingerprint density at radius 3 is 2.45 bits per heavy atom. The van der Waals surface area contributed by atoms with Crippen LogP contribution < -0.4 is 14.8 Å². The Kier molecular flexibility index (Phi) is 9.72. The summed E-state index contributed by atoms with van der Waals surface area (Å²) >= 11 is 0. The molecule has 2 aliphatic rings. The van der Waals surface area contributed by atoms with Crippen molar-refractivity contribution in [1.29, 1.82) is 0 Å². The highest BCUT2D eigenvalue weighted by atomic mass is 16.7. The van der Waals surface area contributed by atoms with Crippen LogP contribution in [0.25, 0.3) is 0 Å². The van der Waals surface area contributed by atoms with E-state index in [-0.39, 0.29) is 37.7 Å². The lowest BCUT2D eigenvalue weighted by molar-refractivity contribution is -0.271. The molecule has 15 nitrogen and oxygen atoms in total. The molecule has 3 rings (SSSR count). The lowest BCUT2D eigenvalue weighted by Gasteiger charge is -2.38. The minimum atomic E-state index is -1.88. The van der Waals surface area contributed by atoms with Crippen molar-refractivity contribution in [2.24, 2.45) is 0 Å². The number of carbonyl (C=O) groups is 5. The van der Waals surface area contributed by atoms with E-state index in [2.05, 4.69) is 5.32 Å². The van der Waals surface area contributed by atoms with Crippen molar-refractivity contribution in [3.8, 4) is 11.5 Å². The summed E-state index contributed by atoms with van der Waals surface area (Å²) in [4.78, 5) is 57.7. The molecular weight excluding hydrogens is 512 g/mol. The highest BCUT2D eigenvalue weighted by Crippen LogP contribution is 2.29. The van der Waals surface area contributed by atoms with Crippen LogP contribution in [0.2, 0.25) is 0 Å². The number of aliphatic carboxylic acids is 1. The van der Waals surface area contributed by atoms with E-state index in [0.29, 0.717) is 12.0 Å². The summed E-state index contributed by atoms with van der Waals surface area (Å²) in [7, 11) is 0. The Morgan fingerprint density at radius 2 is 1.79 bits per heavy atom. The Morgan fingerprint density at radius 1 is 1.08 bits per heavy atom. The van der Waals surface area contributed by atoms with Crippen molar-refractivity contribution in [1.82, 2.24) is 10.2 Å². The summed E-state index contributed by atoms with van der Waals surface area (Å²) in [5.74, 6) is -3.02. The van der Waals surface area contributed by atoms with Crippen LogP contribution in [0.15, 0.2) is 30.4 Å². The molecule has 1 aromatic rings. The molecule has 15 heteroatoms. The summed E-state index contributed by atoms with van der Waals surface area (Å²) in [6.45, 7) is -0.120. The number of aliphatic hydroxyl groups excluding tert-OH is 3. The van der Waals surface area contributed by atoms with E-state index >= 15 is 0 Å². The third-order valence-electron chi connectivity index (χ3n) is 5.51. The third-order valence-corrected chi connectivity index (χ3v) is 5.51. The van der Waals surface area contributed by atoms with Crippen LogP contribution in [0.5, 0.6) is 11.5 Å². The van der Waals surface area contributed by atoms with Gasteiger partial charge in [-0.05, 0) is 18.6 Å². The molecule has 1 aromatic carbocycles. The normalized spacial score (nSPS) is 24.7. The fraction of sp³-hybridized carbons (Fsp3) is 0.435. The zero-order chi connectivity index (χ0) is 27.8. The zero-order valence-corrected chi connectivity index (χ0v) is 19.8. The largest absolute Gasteiger partial charge is 0.493 e.